The zero-order valence-corrected chi connectivity index (χ0v) is 13.0. The van der Waals surface area contributed by atoms with E-state index in [1.807, 2.05) is 0 Å². The molecule has 0 saturated carbocycles. The molecule has 0 bridgehead atoms. The number of carbonyl (C=O) groups is 2. The second-order valence-corrected chi connectivity index (χ2v) is 4.60. The lowest BCUT2D eigenvalue weighted by molar-refractivity contribution is -0.145. The molecule has 0 atom stereocenters. The van der Waals surface area contributed by atoms with Gasteiger partial charge in [0.15, 0.2) is 0 Å². The van der Waals surface area contributed by atoms with Crippen molar-refractivity contribution in [3.8, 4) is 0 Å². The third kappa shape index (κ3) is 15.2. The zero-order chi connectivity index (χ0) is 16.5. The van der Waals surface area contributed by atoms with Crippen LogP contribution in [0.3, 0.4) is 0 Å². The van der Waals surface area contributed by atoms with Crippen LogP contribution in [0, 0.1) is 0 Å². The lowest BCUT2D eigenvalue weighted by atomic mass is 10.2. The molecule has 8 heteroatoms. The Balaban J connectivity index is 3.32. The van der Waals surface area contributed by atoms with Crippen molar-refractivity contribution in [3.05, 3.63) is 0 Å². The van der Waals surface area contributed by atoms with Gasteiger partial charge in [-0.05, 0) is 12.8 Å². The molecule has 0 unspecified atom stereocenters. The minimum absolute atomic E-state index is 0.0571. The highest BCUT2D eigenvalue weighted by Crippen LogP contribution is 2.02. The Morgan fingerprint density at radius 2 is 1.14 bits per heavy atom. The van der Waals surface area contributed by atoms with Gasteiger partial charge in [-0.15, -0.1) is 0 Å². The van der Waals surface area contributed by atoms with E-state index in [1.54, 1.807) is 0 Å². The summed E-state index contributed by atoms with van der Waals surface area (Å²) >= 11 is 0. The first-order valence-electron chi connectivity index (χ1n) is 7.65. The maximum absolute atomic E-state index is 11.3. The predicted molar refractivity (Wildman–Crippen MR) is 80.3 cm³/mol. The number of rotatable bonds is 15. The summed E-state index contributed by atoms with van der Waals surface area (Å²) in [7, 11) is 0. The number of aliphatic hydroxyl groups is 2. The fourth-order valence-electron chi connectivity index (χ4n) is 1.57. The fraction of sp³-hybridized carbons (Fsp3) is 0.857. The van der Waals surface area contributed by atoms with Crippen molar-refractivity contribution in [1.82, 2.24) is 10.6 Å². The van der Waals surface area contributed by atoms with E-state index >= 15 is 0 Å². The summed E-state index contributed by atoms with van der Waals surface area (Å²) in [5, 5.41) is 22.9. The van der Waals surface area contributed by atoms with Crippen LogP contribution in [-0.2, 0) is 19.1 Å². The first-order chi connectivity index (χ1) is 10.7. The Hall–Kier alpha value is -1.22. The van der Waals surface area contributed by atoms with E-state index < -0.39 is 0 Å². The van der Waals surface area contributed by atoms with E-state index in [1.165, 1.54) is 0 Å². The van der Waals surface area contributed by atoms with Gasteiger partial charge in [0.25, 0.3) is 0 Å². The molecule has 0 fully saturated rings. The number of nitrogens with one attached hydrogen (secondary N) is 2. The van der Waals surface area contributed by atoms with Crippen LogP contribution in [0.4, 0.5) is 0 Å². The van der Waals surface area contributed by atoms with Crippen molar-refractivity contribution in [2.24, 2.45) is 0 Å². The van der Waals surface area contributed by atoms with E-state index in [0.717, 1.165) is 0 Å². The predicted octanol–water partition coefficient (Wildman–Crippen LogP) is -1.20. The summed E-state index contributed by atoms with van der Waals surface area (Å²) in [5.74, 6) is -0.570. The highest BCUT2D eigenvalue weighted by Gasteiger charge is 2.05. The lowest BCUT2D eigenvalue weighted by Gasteiger charge is -2.06. The Morgan fingerprint density at radius 1 is 0.727 bits per heavy atom. The summed E-state index contributed by atoms with van der Waals surface area (Å²) < 4.78 is 9.94. The van der Waals surface area contributed by atoms with Gasteiger partial charge in [-0.25, -0.2) is 0 Å². The number of carbonyl (C=O) groups excluding carboxylic acids is 2. The van der Waals surface area contributed by atoms with E-state index in [4.69, 9.17) is 19.7 Å². The van der Waals surface area contributed by atoms with Gasteiger partial charge in [-0.1, -0.05) is 0 Å². The van der Waals surface area contributed by atoms with Crippen molar-refractivity contribution in [2.45, 2.75) is 25.7 Å². The van der Waals surface area contributed by atoms with Crippen molar-refractivity contribution < 1.29 is 29.3 Å². The molecule has 0 aliphatic heterocycles. The summed E-state index contributed by atoms with van der Waals surface area (Å²) in [4.78, 5) is 22.7. The first kappa shape index (κ1) is 20.8. The average Bonchev–Trinajstić information content (AvgIpc) is 2.51. The molecule has 0 aromatic carbocycles. The van der Waals surface area contributed by atoms with Crippen molar-refractivity contribution in [3.63, 3.8) is 0 Å². The van der Waals surface area contributed by atoms with Crippen LogP contribution in [0.5, 0.6) is 0 Å². The molecule has 0 aliphatic carbocycles. The summed E-state index contributed by atoms with van der Waals surface area (Å²) in [6, 6.07) is 0. The molecule has 130 valence electrons. The van der Waals surface area contributed by atoms with Crippen LogP contribution in [0.15, 0.2) is 0 Å². The quantitative estimate of drug-likeness (QED) is 0.219. The largest absolute Gasteiger partial charge is 0.464 e. The molecule has 0 amide bonds. The number of esters is 2. The van der Waals surface area contributed by atoms with Crippen LogP contribution in [0.25, 0.3) is 0 Å². The number of ether oxygens (including phenoxy) is 2. The zero-order valence-electron chi connectivity index (χ0n) is 13.0. The van der Waals surface area contributed by atoms with Crippen molar-refractivity contribution in [2.75, 3.05) is 52.6 Å². The molecule has 0 rings (SSSR count). The maximum atomic E-state index is 11.3. The number of hydrogen-bond donors (Lipinski definition) is 4. The van der Waals surface area contributed by atoms with Gasteiger partial charge >= 0.3 is 11.9 Å². The van der Waals surface area contributed by atoms with Crippen LogP contribution in [0.1, 0.15) is 25.7 Å². The molecule has 4 N–H and O–H groups in total. The van der Waals surface area contributed by atoms with Crippen LogP contribution in [0.2, 0.25) is 0 Å². The molecule has 22 heavy (non-hydrogen) atoms. The SMILES string of the molecule is O=C(CCCCC(=O)OCCNCCO)OCCNCCO. The van der Waals surface area contributed by atoms with E-state index in [0.29, 0.717) is 39.0 Å². The highest BCUT2D eigenvalue weighted by molar-refractivity contribution is 5.70. The average molecular weight is 320 g/mol. The van der Waals surface area contributed by atoms with E-state index in [2.05, 4.69) is 10.6 Å². The van der Waals surface area contributed by atoms with Crippen molar-refractivity contribution >= 4 is 11.9 Å². The van der Waals surface area contributed by atoms with Crippen LogP contribution >= 0.6 is 0 Å². The van der Waals surface area contributed by atoms with Gasteiger partial charge in [-0.3, -0.25) is 9.59 Å². The fourth-order valence-corrected chi connectivity index (χ4v) is 1.57. The topological polar surface area (TPSA) is 117 Å². The Labute approximate surface area is 131 Å². The minimum atomic E-state index is -0.285. The molecule has 0 spiro atoms. The smallest absolute Gasteiger partial charge is 0.305 e. The molecule has 0 aromatic heterocycles. The number of hydrogen-bond acceptors (Lipinski definition) is 8. The summed E-state index contributed by atoms with van der Waals surface area (Å²) in [6.07, 6.45) is 1.73. The maximum Gasteiger partial charge on any atom is 0.305 e. The molecule has 0 aromatic rings. The summed E-state index contributed by atoms with van der Waals surface area (Å²) in [6.45, 7) is 2.67. The second-order valence-electron chi connectivity index (χ2n) is 4.60. The van der Waals surface area contributed by atoms with E-state index in [-0.39, 0.29) is 51.2 Å². The lowest BCUT2D eigenvalue weighted by Crippen LogP contribution is -2.24. The third-order valence-electron chi connectivity index (χ3n) is 2.67. The second kappa shape index (κ2) is 16.2. The van der Waals surface area contributed by atoms with E-state index in [9.17, 15) is 9.59 Å². The van der Waals surface area contributed by atoms with Crippen LogP contribution in [-0.4, -0.2) is 74.8 Å². The van der Waals surface area contributed by atoms with Gasteiger partial charge in [-0.2, -0.15) is 0 Å². The highest BCUT2D eigenvalue weighted by atomic mass is 16.5. The van der Waals surface area contributed by atoms with Crippen LogP contribution < -0.4 is 10.6 Å². The Bertz CT molecular complexity index is 261. The molecule has 8 nitrogen and oxygen atoms in total. The van der Waals surface area contributed by atoms with Gasteiger partial charge in [0.2, 0.25) is 0 Å². The molecular formula is C14H28N2O6. The molecule has 0 saturated heterocycles. The summed E-state index contributed by atoms with van der Waals surface area (Å²) in [5.41, 5.74) is 0. The van der Waals surface area contributed by atoms with Gasteiger partial charge in [0.05, 0.1) is 13.2 Å². The normalized spacial score (nSPS) is 10.5. The van der Waals surface area contributed by atoms with Gasteiger partial charge in [0.1, 0.15) is 13.2 Å². The molecule has 0 radical (unpaired) electrons. The monoisotopic (exact) mass is 320 g/mol. The molecular weight excluding hydrogens is 292 g/mol. The van der Waals surface area contributed by atoms with Crippen molar-refractivity contribution in [1.29, 1.82) is 0 Å². The Kier molecular flexibility index (Phi) is 15.3. The Morgan fingerprint density at radius 3 is 1.50 bits per heavy atom. The standard InChI is InChI=1S/C14H28N2O6/c17-9-5-15-7-11-21-13(19)3-1-2-4-14(20)22-12-8-16-6-10-18/h15-18H,1-12H2. The number of unbranched alkanes of at least 4 members (excludes halogenated alkanes) is 1. The number of aliphatic hydroxyl groups excluding tert-OH is 2. The minimum Gasteiger partial charge on any atom is -0.464 e. The first-order valence-corrected chi connectivity index (χ1v) is 7.65. The molecule has 0 aliphatic rings. The van der Waals surface area contributed by atoms with Gasteiger partial charge in [0, 0.05) is 39.0 Å². The van der Waals surface area contributed by atoms with Gasteiger partial charge < -0.3 is 30.3 Å². The third-order valence-corrected chi connectivity index (χ3v) is 2.67. The molecule has 0 heterocycles.